The number of hydrazone groups is 1. The number of imidazole rings is 1. The van der Waals surface area contributed by atoms with Gasteiger partial charge >= 0.3 is 5.82 Å². The van der Waals surface area contributed by atoms with Crippen LogP contribution in [0, 0.1) is 10.1 Å². The summed E-state index contributed by atoms with van der Waals surface area (Å²) in [5, 5.41) is 24.6. The van der Waals surface area contributed by atoms with Crippen LogP contribution < -0.4 is 5.43 Å². The number of nitrogens with zero attached hydrogens (tertiary/aromatic N) is 6. The average molecular weight is 398 g/mol. The molecular formula is C13H9Cl2N7O2S. The molecule has 0 aliphatic rings. The second-order valence-corrected chi connectivity index (χ2v) is 6.53. The summed E-state index contributed by atoms with van der Waals surface area (Å²) in [6.07, 6.45) is 2.69. The van der Waals surface area contributed by atoms with Gasteiger partial charge in [0.15, 0.2) is 0 Å². The van der Waals surface area contributed by atoms with Crippen molar-refractivity contribution in [2.45, 2.75) is 0 Å². The molecule has 1 aromatic carbocycles. The second-order valence-electron chi connectivity index (χ2n) is 4.70. The third kappa shape index (κ3) is 3.76. The molecule has 12 heteroatoms. The molecule has 128 valence electrons. The Hall–Kier alpha value is -2.56. The van der Waals surface area contributed by atoms with Crippen LogP contribution in [0.2, 0.25) is 10.0 Å². The van der Waals surface area contributed by atoms with Crippen molar-refractivity contribution >= 4 is 51.7 Å². The van der Waals surface area contributed by atoms with Gasteiger partial charge in [-0.15, -0.1) is 10.2 Å². The molecule has 3 rings (SSSR count). The van der Waals surface area contributed by atoms with E-state index in [1.807, 2.05) is 0 Å². The first kappa shape index (κ1) is 17.3. The standard InChI is InChI=1S/C13H9Cl2N7O2S/c1-21-10(22(23)24)6-16-11(21)12-18-20-13(25-12)19-17-5-7-2-3-8(14)4-9(7)15/h2-6H,1H3,(H,19,20)/b17-5+. The molecule has 25 heavy (non-hydrogen) atoms. The number of nitro groups is 1. The van der Waals surface area contributed by atoms with Crippen molar-refractivity contribution in [3.63, 3.8) is 0 Å². The maximum absolute atomic E-state index is 10.9. The Morgan fingerprint density at radius 1 is 1.40 bits per heavy atom. The lowest BCUT2D eigenvalue weighted by Gasteiger charge is -1.98. The highest BCUT2D eigenvalue weighted by atomic mass is 35.5. The lowest BCUT2D eigenvalue weighted by Crippen LogP contribution is -1.98. The van der Waals surface area contributed by atoms with E-state index in [0.29, 0.717) is 31.6 Å². The minimum atomic E-state index is -0.517. The maximum atomic E-state index is 10.9. The predicted molar refractivity (Wildman–Crippen MR) is 96.4 cm³/mol. The number of aromatic nitrogens is 4. The molecule has 9 nitrogen and oxygen atoms in total. The lowest BCUT2D eigenvalue weighted by molar-refractivity contribution is -0.391. The SMILES string of the molecule is Cn1c([N+](=O)[O-])cnc1-c1nnc(N/N=C/c2ccc(Cl)cc2Cl)s1. The van der Waals surface area contributed by atoms with Crippen LogP contribution in [0.4, 0.5) is 10.9 Å². The quantitative estimate of drug-likeness (QED) is 0.399. The summed E-state index contributed by atoms with van der Waals surface area (Å²) in [7, 11) is 1.54. The van der Waals surface area contributed by atoms with Gasteiger partial charge in [0.05, 0.1) is 18.3 Å². The summed E-state index contributed by atoms with van der Waals surface area (Å²) in [4.78, 5) is 14.3. The van der Waals surface area contributed by atoms with E-state index >= 15 is 0 Å². The number of hydrogen-bond donors (Lipinski definition) is 1. The van der Waals surface area contributed by atoms with Gasteiger partial charge in [-0.25, -0.2) is 9.55 Å². The smallest absolute Gasteiger partial charge is 0.342 e. The van der Waals surface area contributed by atoms with Gasteiger partial charge in [-0.05, 0) is 17.1 Å². The van der Waals surface area contributed by atoms with Crippen LogP contribution >= 0.6 is 34.5 Å². The highest BCUT2D eigenvalue weighted by Gasteiger charge is 2.21. The van der Waals surface area contributed by atoms with E-state index < -0.39 is 4.92 Å². The largest absolute Gasteiger partial charge is 0.358 e. The number of halogens is 2. The molecule has 0 aliphatic heterocycles. The fourth-order valence-corrected chi connectivity index (χ4v) is 3.07. The van der Waals surface area contributed by atoms with E-state index in [1.54, 1.807) is 18.2 Å². The first-order valence-electron chi connectivity index (χ1n) is 6.70. The molecule has 2 heterocycles. The Morgan fingerprint density at radius 3 is 2.88 bits per heavy atom. The van der Waals surface area contributed by atoms with E-state index in [0.717, 1.165) is 11.3 Å². The molecule has 0 bridgehead atoms. The number of benzene rings is 1. The Kier molecular flexibility index (Phi) is 4.93. The third-order valence-corrected chi connectivity index (χ3v) is 4.48. The minimum Gasteiger partial charge on any atom is -0.358 e. The number of rotatable bonds is 5. The lowest BCUT2D eigenvalue weighted by atomic mass is 10.2. The van der Waals surface area contributed by atoms with Gasteiger partial charge in [-0.3, -0.25) is 5.43 Å². The molecule has 0 saturated heterocycles. The fraction of sp³-hybridized carbons (Fsp3) is 0.0769. The number of anilines is 1. The molecule has 0 amide bonds. The molecule has 0 atom stereocenters. The molecule has 3 aromatic rings. The van der Waals surface area contributed by atoms with Crippen LogP contribution in [0.15, 0.2) is 29.5 Å². The Balaban J connectivity index is 1.74. The van der Waals surface area contributed by atoms with Crippen LogP contribution in [0.25, 0.3) is 10.8 Å². The molecule has 1 N–H and O–H groups in total. The molecular weight excluding hydrogens is 389 g/mol. The summed E-state index contributed by atoms with van der Waals surface area (Å²) >= 11 is 13.0. The van der Waals surface area contributed by atoms with Crippen LogP contribution in [-0.2, 0) is 7.05 Å². The van der Waals surface area contributed by atoms with Crippen molar-refractivity contribution in [1.29, 1.82) is 0 Å². The van der Waals surface area contributed by atoms with Crippen molar-refractivity contribution in [2.24, 2.45) is 12.1 Å². The molecule has 2 aromatic heterocycles. The minimum absolute atomic E-state index is 0.130. The summed E-state index contributed by atoms with van der Waals surface area (Å²) in [6.45, 7) is 0. The zero-order chi connectivity index (χ0) is 18.0. The van der Waals surface area contributed by atoms with Crippen molar-refractivity contribution in [2.75, 3.05) is 5.43 Å². The molecule has 0 fully saturated rings. The van der Waals surface area contributed by atoms with Crippen LogP contribution in [0.1, 0.15) is 5.56 Å². The molecule has 0 spiro atoms. The first-order valence-corrected chi connectivity index (χ1v) is 8.27. The highest BCUT2D eigenvalue weighted by molar-refractivity contribution is 7.18. The fourth-order valence-electron chi connectivity index (χ4n) is 1.89. The van der Waals surface area contributed by atoms with Gasteiger partial charge in [0.1, 0.15) is 6.20 Å². The van der Waals surface area contributed by atoms with Gasteiger partial charge in [-0.1, -0.05) is 40.6 Å². The van der Waals surface area contributed by atoms with Crippen molar-refractivity contribution in [1.82, 2.24) is 19.7 Å². The van der Waals surface area contributed by atoms with Gasteiger partial charge in [-0.2, -0.15) is 5.10 Å². The topological polar surface area (TPSA) is 111 Å². The van der Waals surface area contributed by atoms with E-state index in [4.69, 9.17) is 23.2 Å². The molecule has 0 radical (unpaired) electrons. The van der Waals surface area contributed by atoms with Gasteiger partial charge < -0.3 is 10.1 Å². The normalized spacial score (nSPS) is 11.2. The summed E-state index contributed by atoms with van der Waals surface area (Å²) in [5.41, 5.74) is 3.41. The summed E-state index contributed by atoms with van der Waals surface area (Å²) in [6, 6.07) is 5.04. The zero-order valence-electron chi connectivity index (χ0n) is 12.6. The van der Waals surface area contributed by atoms with Gasteiger partial charge in [0, 0.05) is 10.6 Å². The van der Waals surface area contributed by atoms with Crippen LogP contribution in [-0.4, -0.2) is 30.9 Å². The average Bonchev–Trinajstić information content (AvgIpc) is 3.16. The van der Waals surface area contributed by atoms with E-state index in [9.17, 15) is 10.1 Å². The van der Waals surface area contributed by atoms with Crippen LogP contribution in [0.5, 0.6) is 0 Å². The molecule has 0 unspecified atom stereocenters. The monoisotopic (exact) mass is 397 g/mol. The van der Waals surface area contributed by atoms with Crippen LogP contribution in [0.3, 0.4) is 0 Å². The highest BCUT2D eigenvalue weighted by Crippen LogP contribution is 2.27. The molecule has 0 saturated carbocycles. The zero-order valence-corrected chi connectivity index (χ0v) is 14.9. The van der Waals surface area contributed by atoms with Gasteiger partial charge in [0.25, 0.3) is 5.82 Å². The second kappa shape index (κ2) is 7.13. The Labute approximate surface area is 155 Å². The van der Waals surface area contributed by atoms with E-state index in [2.05, 4.69) is 25.7 Å². The number of nitrogens with one attached hydrogen (secondary N) is 1. The Morgan fingerprint density at radius 2 is 2.20 bits per heavy atom. The number of hydrogen-bond acceptors (Lipinski definition) is 8. The van der Waals surface area contributed by atoms with Crippen molar-refractivity contribution in [3.05, 3.63) is 50.1 Å². The van der Waals surface area contributed by atoms with Crippen molar-refractivity contribution in [3.8, 4) is 10.8 Å². The first-order chi connectivity index (χ1) is 12.0. The van der Waals surface area contributed by atoms with E-state index in [-0.39, 0.29) is 5.82 Å². The third-order valence-electron chi connectivity index (χ3n) is 3.09. The molecule has 0 aliphatic carbocycles. The van der Waals surface area contributed by atoms with Crippen molar-refractivity contribution < 1.29 is 4.92 Å². The maximum Gasteiger partial charge on any atom is 0.342 e. The van der Waals surface area contributed by atoms with E-state index in [1.165, 1.54) is 24.0 Å². The predicted octanol–water partition coefficient (Wildman–Crippen LogP) is 3.60. The summed E-state index contributed by atoms with van der Waals surface area (Å²) in [5.74, 6) is 0.220. The van der Waals surface area contributed by atoms with Gasteiger partial charge in [0.2, 0.25) is 10.1 Å². The Bertz CT molecular complexity index is 969. The summed E-state index contributed by atoms with van der Waals surface area (Å²) < 4.78 is 1.33.